The largest absolute Gasteiger partial charge is 0.468 e. The highest BCUT2D eigenvalue weighted by molar-refractivity contribution is 5.79. The van der Waals surface area contributed by atoms with Crippen molar-refractivity contribution in [2.45, 2.75) is 39.2 Å². The zero-order valence-corrected chi connectivity index (χ0v) is 13.0. The molecule has 4 heteroatoms. The van der Waals surface area contributed by atoms with E-state index in [0.717, 1.165) is 19.5 Å². The van der Waals surface area contributed by atoms with Gasteiger partial charge in [-0.3, -0.25) is 4.79 Å². The summed E-state index contributed by atoms with van der Waals surface area (Å²) in [5.41, 5.74) is 7.58. The maximum atomic E-state index is 11.5. The molecule has 0 spiro atoms. The monoisotopic (exact) mass is 278 g/mol. The Hall–Kier alpha value is -1.55. The number of rotatable bonds is 7. The third kappa shape index (κ3) is 4.23. The molecule has 0 aliphatic carbocycles. The molecule has 1 aromatic carbocycles. The van der Waals surface area contributed by atoms with Crippen LogP contribution in [0, 0.1) is 6.92 Å². The lowest BCUT2D eigenvalue weighted by molar-refractivity contribution is -0.146. The summed E-state index contributed by atoms with van der Waals surface area (Å²) in [4.78, 5) is 13.9. The first-order valence-electron chi connectivity index (χ1n) is 7.10. The van der Waals surface area contributed by atoms with Gasteiger partial charge in [-0.05, 0) is 45.2 Å². The summed E-state index contributed by atoms with van der Waals surface area (Å²) in [6.07, 6.45) is 1.46. The van der Waals surface area contributed by atoms with Crippen molar-refractivity contribution in [3.63, 3.8) is 0 Å². The van der Waals surface area contributed by atoms with Crippen LogP contribution in [0.1, 0.15) is 32.3 Å². The Morgan fingerprint density at radius 1 is 1.40 bits per heavy atom. The molecule has 0 aliphatic heterocycles. The van der Waals surface area contributed by atoms with Crippen molar-refractivity contribution in [2.24, 2.45) is 5.73 Å². The number of nitrogens with two attached hydrogens (primary N) is 1. The minimum atomic E-state index is -0.903. The molecule has 20 heavy (non-hydrogen) atoms. The van der Waals surface area contributed by atoms with Crippen molar-refractivity contribution in [1.82, 2.24) is 0 Å². The standard InChI is InChI=1S/C16H26N2O2/c1-5-18(14-10-7-6-9-13(14)2)12-8-11-16(3,17)15(19)20-4/h6-7,9-10H,5,8,11-12,17H2,1-4H3. The second-order valence-corrected chi connectivity index (χ2v) is 5.38. The Bertz CT molecular complexity index is 444. The van der Waals surface area contributed by atoms with E-state index in [-0.39, 0.29) is 5.97 Å². The first kappa shape index (κ1) is 16.5. The van der Waals surface area contributed by atoms with E-state index in [1.54, 1.807) is 6.92 Å². The fraction of sp³-hybridized carbons (Fsp3) is 0.562. The number of aryl methyl sites for hydroxylation is 1. The lowest BCUT2D eigenvalue weighted by Gasteiger charge is -2.27. The Morgan fingerprint density at radius 3 is 2.60 bits per heavy atom. The topological polar surface area (TPSA) is 55.6 Å². The van der Waals surface area contributed by atoms with Gasteiger partial charge in [0.15, 0.2) is 0 Å². The molecule has 0 aromatic heterocycles. The van der Waals surface area contributed by atoms with Gasteiger partial charge in [-0.15, -0.1) is 0 Å². The van der Waals surface area contributed by atoms with Crippen LogP contribution in [0.2, 0.25) is 0 Å². The number of benzene rings is 1. The second-order valence-electron chi connectivity index (χ2n) is 5.38. The van der Waals surface area contributed by atoms with Crippen LogP contribution in [-0.4, -0.2) is 31.7 Å². The van der Waals surface area contributed by atoms with E-state index in [4.69, 9.17) is 10.5 Å². The Balaban J connectivity index is 2.59. The van der Waals surface area contributed by atoms with Crippen LogP contribution in [0.4, 0.5) is 5.69 Å². The summed E-state index contributed by atoms with van der Waals surface area (Å²) in [5.74, 6) is -0.351. The number of carbonyl (C=O) groups excluding carboxylic acids is 1. The maximum absolute atomic E-state index is 11.5. The molecule has 0 heterocycles. The summed E-state index contributed by atoms with van der Waals surface area (Å²) < 4.78 is 4.73. The third-order valence-electron chi connectivity index (χ3n) is 3.61. The second kappa shape index (κ2) is 7.29. The molecule has 2 N–H and O–H groups in total. The van der Waals surface area contributed by atoms with Gasteiger partial charge in [-0.2, -0.15) is 0 Å². The Kier molecular flexibility index (Phi) is 6.02. The van der Waals surface area contributed by atoms with Gasteiger partial charge in [0, 0.05) is 18.8 Å². The highest BCUT2D eigenvalue weighted by Gasteiger charge is 2.28. The van der Waals surface area contributed by atoms with Gasteiger partial charge in [0.05, 0.1) is 7.11 Å². The first-order valence-corrected chi connectivity index (χ1v) is 7.10. The van der Waals surface area contributed by atoms with Crippen LogP contribution in [0.15, 0.2) is 24.3 Å². The maximum Gasteiger partial charge on any atom is 0.325 e. The van der Waals surface area contributed by atoms with Gasteiger partial charge >= 0.3 is 5.97 Å². The number of hydrogen-bond donors (Lipinski definition) is 1. The molecule has 112 valence electrons. The molecule has 0 saturated heterocycles. The molecular formula is C16H26N2O2. The molecule has 1 atom stereocenters. The lowest BCUT2D eigenvalue weighted by atomic mass is 9.97. The van der Waals surface area contributed by atoms with Crippen molar-refractivity contribution in [2.75, 3.05) is 25.1 Å². The number of para-hydroxylation sites is 1. The van der Waals surface area contributed by atoms with Crippen LogP contribution in [0.25, 0.3) is 0 Å². The number of nitrogens with zero attached hydrogens (tertiary/aromatic N) is 1. The van der Waals surface area contributed by atoms with E-state index in [0.29, 0.717) is 6.42 Å². The van der Waals surface area contributed by atoms with E-state index >= 15 is 0 Å². The average Bonchev–Trinajstić information content (AvgIpc) is 2.43. The zero-order chi connectivity index (χ0) is 15.2. The van der Waals surface area contributed by atoms with E-state index in [9.17, 15) is 4.79 Å². The number of esters is 1. The summed E-state index contributed by atoms with van der Waals surface area (Å²) in [6, 6.07) is 8.33. The molecule has 1 aromatic rings. The molecule has 1 rings (SSSR count). The Labute approximate surface area is 121 Å². The fourth-order valence-electron chi connectivity index (χ4n) is 2.34. The normalized spacial score (nSPS) is 13.7. The summed E-state index contributed by atoms with van der Waals surface area (Å²) in [7, 11) is 1.37. The predicted octanol–water partition coefficient (Wildman–Crippen LogP) is 2.49. The van der Waals surface area contributed by atoms with Crippen molar-refractivity contribution in [3.8, 4) is 0 Å². The average molecular weight is 278 g/mol. The smallest absolute Gasteiger partial charge is 0.325 e. The quantitative estimate of drug-likeness (QED) is 0.779. The molecule has 0 bridgehead atoms. The van der Waals surface area contributed by atoms with Crippen molar-refractivity contribution >= 4 is 11.7 Å². The van der Waals surface area contributed by atoms with Gasteiger partial charge in [0.1, 0.15) is 5.54 Å². The number of anilines is 1. The minimum Gasteiger partial charge on any atom is -0.468 e. The molecule has 4 nitrogen and oxygen atoms in total. The van der Waals surface area contributed by atoms with Crippen LogP contribution >= 0.6 is 0 Å². The van der Waals surface area contributed by atoms with Gasteiger partial charge in [-0.1, -0.05) is 18.2 Å². The van der Waals surface area contributed by atoms with Crippen LogP contribution in [-0.2, 0) is 9.53 Å². The lowest BCUT2D eigenvalue weighted by Crippen LogP contribution is -2.46. The summed E-state index contributed by atoms with van der Waals surface area (Å²) in [6.45, 7) is 7.78. The molecule has 0 aliphatic rings. The van der Waals surface area contributed by atoms with Gasteiger partial charge in [0.25, 0.3) is 0 Å². The van der Waals surface area contributed by atoms with Crippen molar-refractivity contribution < 1.29 is 9.53 Å². The predicted molar refractivity (Wildman–Crippen MR) is 82.9 cm³/mol. The number of carbonyl (C=O) groups is 1. The SMILES string of the molecule is CCN(CCCC(C)(N)C(=O)OC)c1ccccc1C. The van der Waals surface area contributed by atoms with E-state index in [1.165, 1.54) is 18.4 Å². The minimum absolute atomic E-state index is 0.351. The van der Waals surface area contributed by atoms with Gasteiger partial charge in [-0.25, -0.2) is 0 Å². The molecule has 1 unspecified atom stereocenters. The number of hydrogen-bond acceptors (Lipinski definition) is 4. The summed E-state index contributed by atoms with van der Waals surface area (Å²) in [5, 5.41) is 0. The highest BCUT2D eigenvalue weighted by Crippen LogP contribution is 2.20. The van der Waals surface area contributed by atoms with Gasteiger partial charge < -0.3 is 15.4 Å². The van der Waals surface area contributed by atoms with E-state index in [2.05, 4.69) is 30.9 Å². The highest BCUT2D eigenvalue weighted by atomic mass is 16.5. The molecule has 0 saturated carbocycles. The number of methoxy groups -OCH3 is 1. The molecule has 0 radical (unpaired) electrons. The Morgan fingerprint density at radius 2 is 2.05 bits per heavy atom. The van der Waals surface area contributed by atoms with Crippen molar-refractivity contribution in [3.05, 3.63) is 29.8 Å². The van der Waals surface area contributed by atoms with Crippen LogP contribution in [0.3, 0.4) is 0 Å². The fourth-order valence-corrected chi connectivity index (χ4v) is 2.34. The van der Waals surface area contributed by atoms with Gasteiger partial charge in [0.2, 0.25) is 0 Å². The third-order valence-corrected chi connectivity index (χ3v) is 3.61. The first-order chi connectivity index (χ1) is 9.42. The molecule has 0 amide bonds. The molecule has 0 fully saturated rings. The number of ether oxygens (including phenoxy) is 1. The van der Waals surface area contributed by atoms with Crippen LogP contribution < -0.4 is 10.6 Å². The van der Waals surface area contributed by atoms with Crippen LogP contribution in [0.5, 0.6) is 0 Å². The zero-order valence-electron chi connectivity index (χ0n) is 13.0. The van der Waals surface area contributed by atoms with E-state index < -0.39 is 5.54 Å². The van der Waals surface area contributed by atoms with Crippen molar-refractivity contribution in [1.29, 1.82) is 0 Å². The summed E-state index contributed by atoms with van der Waals surface area (Å²) >= 11 is 0. The molecular weight excluding hydrogens is 252 g/mol. The van der Waals surface area contributed by atoms with E-state index in [1.807, 2.05) is 12.1 Å².